The van der Waals surface area contributed by atoms with E-state index in [1.807, 2.05) is 6.92 Å². The number of benzene rings is 1. The van der Waals surface area contributed by atoms with E-state index in [9.17, 15) is 9.18 Å². The van der Waals surface area contributed by atoms with Gasteiger partial charge in [-0.2, -0.15) is 0 Å². The van der Waals surface area contributed by atoms with Gasteiger partial charge in [-0.15, -0.1) is 11.6 Å². The lowest BCUT2D eigenvalue weighted by molar-refractivity contribution is -0.130. The SMILES string of the molecule is CCN(C)C(=O)Cn1c(CCCl)nc2cc(Cl)c(F)cc21. The van der Waals surface area contributed by atoms with Gasteiger partial charge in [0.2, 0.25) is 5.91 Å². The van der Waals surface area contributed by atoms with E-state index >= 15 is 0 Å². The maximum Gasteiger partial charge on any atom is 0.242 e. The third-order valence-electron chi connectivity index (χ3n) is 3.38. The van der Waals surface area contributed by atoms with Crippen LogP contribution in [0.25, 0.3) is 11.0 Å². The number of imidazole rings is 1. The fraction of sp³-hybridized carbons (Fsp3) is 0.429. The summed E-state index contributed by atoms with van der Waals surface area (Å²) in [7, 11) is 1.72. The minimum atomic E-state index is -0.529. The van der Waals surface area contributed by atoms with Crippen LogP contribution < -0.4 is 0 Å². The number of fused-ring (bicyclic) bond motifs is 1. The maximum atomic E-state index is 13.7. The molecule has 0 saturated heterocycles. The van der Waals surface area contributed by atoms with Crippen molar-refractivity contribution < 1.29 is 9.18 Å². The van der Waals surface area contributed by atoms with Crippen LogP contribution in [0.5, 0.6) is 0 Å². The minimum absolute atomic E-state index is 0.0153. The van der Waals surface area contributed by atoms with Crippen LogP contribution in [0.4, 0.5) is 4.39 Å². The first-order valence-corrected chi connectivity index (χ1v) is 7.53. The van der Waals surface area contributed by atoms with Crippen LogP contribution in [0.15, 0.2) is 12.1 Å². The smallest absolute Gasteiger partial charge is 0.242 e. The molecule has 1 amide bonds. The van der Waals surface area contributed by atoms with Crippen molar-refractivity contribution in [1.82, 2.24) is 14.5 Å². The topological polar surface area (TPSA) is 38.1 Å². The van der Waals surface area contributed by atoms with Crippen LogP contribution in [-0.4, -0.2) is 39.8 Å². The largest absolute Gasteiger partial charge is 0.344 e. The highest BCUT2D eigenvalue weighted by atomic mass is 35.5. The minimum Gasteiger partial charge on any atom is -0.344 e. The molecule has 0 atom stereocenters. The standard InChI is InChI=1S/C14H16Cl2FN3O/c1-3-19(2)14(21)8-20-12-7-10(17)9(16)6-11(12)18-13(20)4-5-15/h6-7H,3-5,8H2,1-2H3. The summed E-state index contributed by atoms with van der Waals surface area (Å²) < 4.78 is 15.4. The predicted molar refractivity (Wildman–Crippen MR) is 82.4 cm³/mol. The second-order valence-corrected chi connectivity index (χ2v) is 5.50. The molecule has 0 unspecified atom stereocenters. The summed E-state index contributed by atoms with van der Waals surface area (Å²) in [6.45, 7) is 2.60. The summed E-state index contributed by atoms with van der Waals surface area (Å²) in [5, 5.41) is 0.0153. The summed E-state index contributed by atoms with van der Waals surface area (Å²) in [6.07, 6.45) is 0.499. The van der Waals surface area contributed by atoms with Crippen LogP contribution >= 0.6 is 23.2 Å². The molecule has 0 bridgehead atoms. The molecule has 0 fully saturated rings. The molecule has 0 N–H and O–H groups in total. The molecule has 0 aliphatic heterocycles. The lowest BCUT2D eigenvalue weighted by Gasteiger charge is -2.16. The van der Waals surface area contributed by atoms with Crippen molar-refractivity contribution in [2.75, 3.05) is 19.5 Å². The zero-order valence-corrected chi connectivity index (χ0v) is 13.4. The van der Waals surface area contributed by atoms with Crippen LogP contribution in [-0.2, 0) is 17.8 Å². The Morgan fingerprint density at radius 2 is 2.19 bits per heavy atom. The van der Waals surface area contributed by atoms with Gasteiger partial charge in [-0.25, -0.2) is 9.37 Å². The lowest BCUT2D eigenvalue weighted by atomic mass is 10.3. The molecule has 2 rings (SSSR count). The molecule has 21 heavy (non-hydrogen) atoms. The number of hydrogen-bond acceptors (Lipinski definition) is 2. The highest BCUT2D eigenvalue weighted by Gasteiger charge is 2.17. The number of amides is 1. The Morgan fingerprint density at radius 1 is 1.48 bits per heavy atom. The Hall–Kier alpha value is -1.33. The van der Waals surface area contributed by atoms with E-state index in [2.05, 4.69) is 4.98 Å². The summed E-state index contributed by atoms with van der Waals surface area (Å²) >= 11 is 11.6. The Balaban J connectivity index is 2.50. The van der Waals surface area contributed by atoms with Gasteiger partial charge in [0, 0.05) is 32.0 Å². The van der Waals surface area contributed by atoms with E-state index in [4.69, 9.17) is 23.2 Å². The number of carbonyl (C=O) groups excluding carboxylic acids is 1. The number of alkyl halides is 1. The molecule has 0 aliphatic carbocycles. The number of nitrogens with zero attached hydrogens (tertiary/aromatic N) is 3. The van der Waals surface area contributed by atoms with Crippen molar-refractivity contribution in [2.24, 2.45) is 0 Å². The van der Waals surface area contributed by atoms with E-state index in [0.29, 0.717) is 35.7 Å². The van der Waals surface area contributed by atoms with Gasteiger partial charge in [-0.3, -0.25) is 4.79 Å². The van der Waals surface area contributed by atoms with Gasteiger partial charge < -0.3 is 9.47 Å². The molecule has 2 aromatic rings. The molecule has 1 aromatic heterocycles. The predicted octanol–water partition coefficient (Wildman–Crippen LogP) is 3.09. The first-order valence-electron chi connectivity index (χ1n) is 6.62. The van der Waals surface area contributed by atoms with Crippen LogP contribution in [0.3, 0.4) is 0 Å². The Labute approximate surface area is 132 Å². The number of halogens is 3. The molecule has 0 saturated carbocycles. The molecule has 0 aliphatic rings. The van der Waals surface area contributed by atoms with Crippen LogP contribution in [0, 0.1) is 5.82 Å². The Kier molecular flexibility index (Phi) is 5.06. The van der Waals surface area contributed by atoms with Gasteiger partial charge in [-0.1, -0.05) is 11.6 Å². The number of aromatic nitrogens is 2. The lowest BCUT2D eigenvalue weighted by Crippen LogP contribution is -2.30. The maximum absolute atomic E-state index is 13.7. The molecular weight excluding hydrogens is 316 g/mol. The van der Waals surface area contributed by atoms with Crippen molar-refractivity contribution in [3.05, 3.63) is 28.8 Å². The van der Waals surface area contributed by atoms with Gasteiger partial charge in [0.25, 0.3) is 0 Å². The van der Waals surface area contributed by atoms with Crippen molar-refractivity contribution in [3.8, 4) is 0 Å². The van der Waals surface area contributed by atoms with E-state index in [-0.39, 0.29) is 17.5 Å². The fourth-order valence-electron chi connectivity index (χ4n) is 2.05. The van der Waals surface area contributed by atoms with E-state index in [1.54, 1.807) is 16.5 Å². The normalized spacial score (nSPS) is 11.1. The molecule has 114 valence electrons. The van der Waals surface area contributed by atoms with Crippen molar-refractivity contribution >= 4 is 40.1 Å². The molecular formula is C14H16Cl2FN3O. The third-order valence-corrected chi connectivity index (χ3v) is 3.86. The van der Waals surface area contributed by atoms with Gasteiger partial charge in [-0.05, 0) is 13.0 Å². The monoisotopic (exact) mass is 331 g/mol. The number of rotatable bonds is 5. The van der Waals surface area contributed by atoms with Crippen molar-refractivity contribution in [1.29, 1.82) is 0 Å². The van der Waals surface area contributed by atoms with Gasteiger partial charge in [0.15, 0.2) is 0 Å². The highest BCUT2D eigenvalue weighted by molar-refractivity contribution is 6.31. The highest BCUT2D eigenvalue weighted by Crippen LogP contribution is 2.24. The second kappa shape index (κ2) is 6.62. The first-order chi connectivity index (χ1) is 9.97. The summed E-state index contributed by atoms with van der Waals surface area (Å²) in [4.78, 5) is 18.1. The van der Waals surface area contributed by atoms with Crippen LogP contribution in [0.1, 0.15) is 12.7 Å². The van der Waals surface area contributed by atoms with E-state index in [1.165, 1.54) is 12.1 Å². The zero-order valence-electron chi connectivity index (χ0n) is 11.9. The van der Waals surface area contributed by atoms with Crippen molar-refractivity contribution in [2.45, 2.75) is 19.9 Å². The average molecular weight is 332 g/mol. The van der Waals surface area contributed by atoms with Crippen LogP contribution in [0.2, 0.25) is 5.02 Å². The van der Waals surface area contributed by atoms with Gasteiger partial charge in [0.05, 0.1) is 16.1 Å². The number of aryl methyl sites for hydroxylation is 1. The average Bonchev–Trinajstić information content (AvgIpc) is 2.76. The zero-order chi connectivity index (χ0) is 15.6. The number of hydrogen-bond donors (Lipinski definition) is 0. The molecule has 0 spiro atoms. The molecule has 1 aromatic carbocycles. The summed E-state index contributed by atoms with van der Waals surface area (Å²) in [6, 6.07) is 2.77. The Bertz CT molecular complexity index is 672. The molecule has 1 heterocycles. The first kappa shape index (κ1) is 16.0. The molecule has 0 radical (unpaired) electrons. The van der Waals surface area contributed by atoms with E-state index in [0.717, 1.165) is 0 Å². The van der Waals surface area contributed by atoms with Gasteiger partial charge in [0.1, 0.15) is 18.2 Å². The third kappa shape index (κ3) is 3.30. The second-order valence-electron chi connectivity index (χ2n) is 4.72. The number of carbonyl (C=O) groups is 1. The summed E-state index contributed by atoms with van der Waals surface area (Å²) in [5.74, 6) is 0.429. The van der Waals surface area contributed by atoms with Gasteiger partial charge >= 0.3 is 0 Å². The summed E-state index contributed by atoms with van der Waals surface area (Å²) in [5.41, 5.74) is 1.11. The molecule has 4 nitrogen and oxygen atoms in total. The Morgan fingerprint density at radius 3 is 2.81 bits per heavy atom. The van der Waals surface area contributed by atoms with Crippen molar-refractivity contribution in [3.63, 3.8) is 0 Å². The molecule has 7 heteroatoms. The quantitative estimate of drug-likeness (QED) is 0.789. The number of likely N-dealkylation sites (N-methyl/N-ethyl adjacent to an activating group) is 1. The fourth-order valence-corrected chi connectivity index (χ4v) is 2.38. The van der Waals surface area contributed by atoms with E-state index < -0.39 is 5.82 Å².